The van der Waals surface area contributed by atoms with Gasteiger partial charge in [-0.2, -0.15) is 0 Å². The summed E-state index contributed by atoms with van der Waals surface area (Å²) >= 11 is 0. The predicted octanol–water partition coefficient (Wildman–Crippen LogP) is 5.39. The van der Waals surface area contributed by atoms with Crippen LogP contribution in [-0.2, 0) is 39.9 Å². The molecule has 3 aliphatic heterocycles. The van der Waals surface area contributed by atoms with Crippen LogP contribution in [0.25, 0.3) is 0 Å². The molecule has 0 aliphatic carbocycles. The lowest BCUT2D eigenvalue weighted by Crippen LogP contribution is -2.54. The van der Waals surface area contributed by atoms with Crippen LogP contribution in [0.5, 0.6) is 40.2 Å². The van der Waals surface area contributed by atoms with E-state index in [9.17, 15) is 38.4 Å². The molecule has 3 heterocycles. The molecular formula is C57H67N5O16. The van der Waals surface area contributed by atoms with Crippen LogP contribution in [0.4, 0.5) is 0 Å². The van der Waals surface area contributed by atoms with E-state index >= 15 is 0 Å². The van der Waals surface area contributed by atoms with Crippen LogP contribution in [0.3, 0.4) is 0 Å². The van der Waals surface area contributed by atoms with Crippen LogP contribution < -0.4 is 49.1 Å². The molecule has 0 bridgehead atoms. The van der Waals surface area contributed by atoms with E-state index in [4.69, 9.17) is 37.9 Å². The van der Waals surface area contributed by atoms with Crippen LogP contribution in [0.1, 0.15) is 114 Å². The van der Waals surface area contributed by atoms with Gasteiger partial charge in [0.25, 0.3) is 23.6 Å². The predicted molar refractivity (Wildman–Crippen MR) is 281 cm³/mol. The molecule has 21 heteroatoms. The number of unbranched alkanes of at least 4 members (excludes halogenated alkanes) is 1. The Balaban J connectivity index is 0.900. The van der Waals surface area contributed by atoms with Crippen molar-refractivity contribution in [3.05, 3.63) is 101 Å². The van der Waals surface area contributed by atoms with Crippen LogP contribution in [0, 0.1) is 0 Å². The number of nitrogens with zero attached hydrogens (tertiary/aromatic N) is 2. The SMILES string of the molecule is CC[C@H](C(=O)N1CCCC[C@H]1C(=O)O[C@H](CCc1ccc(OC)c(OC)c1)c1ccc(OCC(=O)NCCCCNC(=O)COc2cccc3c2C(=O)N(C2CCC(=O)NC2=O)C3=O)cc1)c1cc(OC)c(OC)c(OC)c1. The fourth-order valence-electron chi connectivity index (χ4n) is 9.83. The van der Waals surface area contributed by atoms with Gasteiger partial charge >= 0.3 is 5.97 Å². The van der Waals surface area contributed by atoms with E-state index in [1.165, 1.54) is 39.5 Å². The number of piperidine rings is 2. The Morgan fingerprint density at radius 2 is 1.36 bits per heavy atom. The van der Waals surface area contributed by atoms with Gasteiger partial charge in [0.1, 0.15) is 29.7 Å². The molecule has 4 atom stereocenters. The number of ether oxygens (including phenoxy) is 8. The number of likely N-dealkylation sites (tertiary alicyclic amines) is 1. The summed E-state index contributed by atoms with van der Waals surface area (Å²) in [5.74, 6) is -1.98. The van der Waals surface area contributed by atoms with Crippen molar-refractivity contribution in [2.75, 3.05) is 68.4 Å². The molecule has 2 saturated heterocycles. The van der Waals surface area contributed by atoms with Gasteiger partial charge in [0.15, 0.2) is 36.2 Å². The maximum atomic E-state index is 14.5. The second kappa shape index (κ2) is 27.1. The number of carbonyl (C=O) groups is 8. The minimum atomic E-state index is -1.14. The fourth-order valence-corrected chi connectivity index (χ4v) is 9.83. The molecule has 0 spiro atoms. The molecule has 4 aromatic carbocycles. The number of aryl methyl sites for hydroxylation is 1. The number of carbonyl (C=O) groups excluding carboxylic acids is 8. The van der Waals surface area contributed by atoms with Crippen molar-refractivity contribution >= 4 is 47.3 Å². The number of imide groups is 2. The second-order valence-corrected chi connectivity index (χ2v) is 18.8. The van der Waals surface area contributed by atoms with Gasteiger partial charge in [0.05, 0.1) is 52.6 Å². The Morgan fingerprint density at radius 1 is 0.692 bits per heavy atom. The molecule has 0 saturated carbocycles. The zero-order valence-corrected chi connectivity index (χ0v) is 44.8. The third-order valence-electron chi connectivity index (χ3n) is 13.9. The Morgan fingerprint density at radius 3 is 1.99 bits per heavy atom. The number of rotatable bonds is 26. The van der Waals surface area contributed by atoms with Crippen LogP contribution in [0.15, 0.2) is 72.8 Å². The number of esters is 1. The smallest absolute Gasteiger partial charge is 0.329 e. The molecular weight excluding hydrogens is 1010 g/mol. The molecule has 7 rings (SSSR count). The van der Waals surface area contributed by atoms with Crippen LogP contribution in [-0.4, -0.2) is 138 Å². The van der Waals surface area contributed by atoms with Crippen molar-refractivity contribution in [3.8, 4) is 40.2 Å². The first-order valence-corrected chi connectivity index (χ1v) is 26.0. The number of benzene rings is 4. The summed E-state index contributed by atoms with van der Waals surface area (Å²) in [6.07, 6.45) is 3.57. The first-order valence-electron chi connectivity index (χ1n) is 26.0. The molecule has 2 fully saturated rings. The monoisotopic (exact) mass is 1080 g/mol. The number of fused-ring (bicyclic) bond motifs is 1. The zero-order chi connectivity index (χ0) is 55.9. The van der Waals surface area contributed by atoms with Crippen molar-refractivity contribution in [1.29, 1.82) is 0 Å². The van der Waals surface area contributed by atoms with E-state index in [2.05, 4.69) is 16.0 Å². The topological polar surface area (TPSA) is 253 Å². The summed E-state index contributed by atoms with van der Waals surface area (Å²) in [5, 5.41) is 7.68. The van der Waals surface area contributed by atoms with E-state index in [-0.39, 0.29) is 54.7 Å². The minimum absolute atomic E-state index is 0.00644. The van der Waals surface area contributed by atoms with Crippen molar-refractivity contribution in [1.82, 2.24) is 25.8 Å². The van der Waals surface area contributed by atoms with Gasteiger partial charge < -0.3 is 53.4 Å². The third kappa shape index (κ3) is 13.6. The van der Waals surface area contributed by atoms with Gasteiger partial charge in [-0.1, -0.05) is 31.2 Å². The minimum Gasteiger partial charge on any atom is -0.493 e. The van der Waals surface area contributed by atoms with Gasteiger partial charge in [0, 0.05) is 26.1 Å². The summed E-state index contributed by atoms with van der Waals surface area (Å²) in [7, 11) is 7.67. The summed E-state index contributed by atoms with van der Waals surface area (Å²) in [6, 6.07) is 18.5. The van der Waals surface area contributed by atoms with Gasteiger partial charge in [-0.15, -0.1) is 0 Å². The number of nitrogens with one attached hydrogen (secondary N) is 3. The quantitative estimate of drug-likeness (QED) is 0.0405. The van der Waals surface area contributed by atoms with E-state index in [0.29, 0.717) is 97.2 Å². The molecule has 7 amide bonds. The van der Waals surface area contributed by atoms with Crippen molar-refractivity contribution in [2.45, 2.75) is 95.2 Å². The lowest BCUT2D eigenvalue weighted by Gasteiger charge is -2.37. The van der Waals surface area contributed by atoms with Gasteiger partial charge in [-0.05, 0) is 123 Å². The number of hydrogen-bond acceptors (Lipinski definition) is 16. The molecule has 21 nitrogen and oxygen atoms in total. The van der Waals surface area contributed by atoms with Crippen molar-refractivity contribution < 1.29 is 76.3 Å². The Labute approximate surface area is 452 Å². The number of amides is 7. The second-order valence-electron chi connectivity index (χ2n) is 18.8. The normalized spacial score (nSPS) is 16.7. The van der Waals surface area contributed by atoms with Gasteiger partial charge in [-0.3, -0.25) is 43.8 Å². The van der Waals surface area contributed by atoms with Crippen molar-refractivity contribution in [2.24, 2.45) is 0 Å². The van der Waals surface area contributed by atoms with E-state index < -0.39 is 66.2 Å². The summed E-state index contributed by atoms with van der Waals surface area (Å²) in [6.45, 7) is 2.17. The molecule has 3 N–H and O–H groups in total. The largest absolute Gasteiger partial charge is 0.493 e. The van der Waals surface area contributed by atoms with Crippen molar-refractivity contribution in [3.63, 3.8) is 0 Å². The average Bonchev–Trinajstić information content (AvgIpc) is 3.75. The molecule has 1 unspecified atom stereocenters. The van der Waals surface area contributed by atoms with E-state index in [1.807, 2.05) is 25.1 Å². The molecule has 3 aliphatic rings. The van der Waals surface area contributed by atoms with Gasteiger partial charge in [-0.25, -0.2) is 4.79 Å². The Kier molecular flexibility index (Phi) is 19.9. The molecule has 4 aromatic rings. The first-order chi connectivity index (χ1) is 37.7. The molecule has 0 radical (unpaired) electrons. The van der Waals surface area contributed by atoms with Crippen LogP contribution in [0.2, 0.25) is 0 Å². The summed E-state index contributed by atoms with van der Waals surface area (Å²) < 4.78 is 45.5. The highest BCUT2D eigenvalue weighted by Gasteiger charge is 2.46. The summed E-state index contributed by atoms with van der Waals surface area (Å²) in [5.41, 5.74) is 2.26. The van der Waals surface area contributed by atoms with E-state index in [1.54, 1.807) is 55.5 Å². The zero-order valence-electron chi connectivity index (χ0n) is 44.8. The lowest BCUT2D eigenvalue weighted by atomic mass is 9.91. The maximum Gasteiger partial charge on any atom is 0.329 e. The average molecular weight is 1080 g/mol. The molecule has 416 valence electrons. The molecule has 0 aromatic heterocycles. The first kappa shape index (κ1) is 57.3. The highest BCUT2D eigenvalue weighted by atomic mass is 16.5. The van der Waals surface area contributed by atoms with E-state index in [0.717, 1.165) is 23.3 Å². The number of hydrogen-bond donors (Lipinski definition) is 3. The van der Waals surface area contributed by atoms with Crippen LogP contribution >= 0.6 is 0 Å². The summed E-state index contributed by atoms with van der Waals surface area (Å²) in [4.78, 5) is 107. The Bertz CT molecular complexity index is 2830. The Hall–Kier alpha value is -8.36. The highest BCUT2D eigenvalue weighted by Crippen LogP contribution is 2.42. The number of methoxy groups -OCH3 is 5. The highest BCUT2D eigenvalue weighted by molar-refractivity contribution is 6.24. The maximum absolute atomic E-state index is 14.5. The third-order valence-corrected chi connectivity index (χ3v) is 13.9. The fraction of sp³-hybridized carbons (Fsp3) is 0.439. The standard InChI is InChI=1S/C57H67N5O16/c1-7-38(36-30-46(73-4)52(75-6)47(31-36)74-5)54(67)61-28-11-8-14-41(61)57(70)78-42(23-16-34-17-24-43(71-2)45(29-34)72-3)35-18-20-37(21-19-35)76-32-49(64)58-26-9-10-27-59-50(65)33-77-44-15-12-13-39-51(44)56(69)62(55(39)68)40-22-25-48(63)60-53(40)66/h12-13,15,17-21,24,29-31,38,40-42H,7-11,14,16,22-23,25-28,32-33H2,1-6H3,(H,58,64)(H,59,65)(H,60,63,66)/t38-,40?,41-,42+/m0/s1. The van der Waals surface area contributed by atoms with Gasteiger partial charge in [0.2, 0.25) is 23.5 Å². The molecule has 78 heavy (non-hydrogen) atoms. The lowest BCUT2D eigenvalue weighted by molar-refractivity contribution is -0.162.